The zero-order chi connectivity index (χ0) is 16.8. The third-order valence-electron chi connectivity index (χ3n) is 4.13. The van der Waals surface area contributed by atoms with Crippen LogP contribution in [0.25, 0.3) is 0 Å². The Labute approximate surface area is 142 Å². The lowest BCUT2D eigenvalue weighted by Gasteiger charge is -2.26. The molecule has 1 aliphatic rings. The first-order chi connectivity index (χ1) is 11.7. The molecule has 3 rings (SSSR count). The molecule has 2 aromatic carbocycles. The van der Waals surface area contributed by atoms with E-state index < -0.39 is 0 Å². The van der Waals surface area contributed by atoms with Crippen LogP contribution in [0.3, 0.4) is 0 Å². The SMILES string of the molecule is Cc1ccc(OCCCC(=O)NC2CCOc3ccccc32)cc1. The minimum absolute atomic E-state index is 0.0421. The fourth-order valence-electron chi connectivity index (χ4n) is 2.82. The molecule has 1 amide bonds. The normalized spacial score (nSPS) is 16.0. The summed E-state index contributed by atoms with van der Waals surface area (Å²) in [7, 11) is 0. The van der Waals surface area contributed by atoms with Gasteiger partial charge in [0, 0.05) is 18.4 Å². The van der Waals surface area contributed by atoms with Crippen molar-refractivity contribution >= 4 is 5.91 Å². The molecule has 1 atom stereocenters. The Hall–Kier alpha value is -2.49. The minimum Gasteiger partial charge on any atom is -0.494 e. The second-order valence-corrected chi connectivity index (χ2v) is 6.06. The van der Waals surface area contributed by atoms with E-state index in [-0.39, 0.29) is 11.9 Å². The molecule has 0 saturated carbocycles. The van der Waals surface area contributed by atoms with Gasteiger partial charge in [0.15, 0.2) is 0 Å². The summed E-state index contributed by atoms with van der Waals surface area (Å²) in [4.78, 5) is 12.2. The first-order valence-corrected chi connectivity index (χ1v) is 8.43. The summed E-state index contributed by atoms with van der Waals surface area (Å²) in [6, 6.07) is 15.9. The molecule has 1 heterocycles. The number of hydrogen-bond donors (Lipinski definition) is 1. The van der Waals surface area contributed by atoms with E-state index in [2.05, 4.69) is 5.32 Å². The number of benzene rings is 2. The number of rotatable bonds is 6. The first-order valence-electron chi connectivity index (χ1n) is 8.43. The van der Waals surface area contributed by atoms with Gasteiger partial charge < -0.3 is 14.8 Å². The van der Waals surface area contributed by atoms with Crippen molar-refractivity contribution in [2.24, 2.45) is 0 Å². The van der Waals surface area contributed by atoms with Crippen molar-refractivity contribution in [1.82, 2.24) is 5.32 Å². The molecule has 4 heteroatoms. The van der Waals surface area contributed by atoms with E-state index in [0.717, 1.165) is 23.5 Å². The Bertz CT molecular complexity index is 682. The molecule has 4 nitrogen and oxygen atoms in total. The molecular formula is C20H23NO3. The van der Waals surface area contributed by atoms with Crippen LogP contribution in [0.2, 0.25) is 0 Å². The molecule has 24 heavy (non-hydrogen) atoms. The summed E-state index contributed by atoms with van der Waals surface area (Å²) in [6.45, 7) is 3.22. The molecule has 126 valence electrons. The quantitative estimate of drug-likeness (QED) is 0.822. The Morgan fingerprint density at radius 3 is 2.83 bits per heavy atom. The van der Waals surface area contributed by atoms with Gasteiger partial charge in [-0.2, -0.15) is 0 Å². The number of ether oxygens (including phenoxy) is 2. The van der Waals surface area contributed by atoms with Crippen molar-refractivity contribution in [3.8, 4) is 11.5 Å². The number of fused-ring (bicyclic) bond motifs is 1. The Morgan fingerprint density at radius 2 is 2.00 bits per heavy atom. The Balaban J connectivity index is 1.42. The van der Waals surface area contributed by atoms with E-state index >= 15 is 0 Å². The summed E-state index contributed by atoms with van der Waals surface area (Å²) in [5, 5.41) is 3.11. The molecule has 0 fully saturated rings. The molecule has 1 unspecified atom stereocenters. The highest BCUT2D eigenvalue weighted by Gasteiger charge is 2.22. The van der Waals surface area contributed by atoms with Crippen LogP contribution >= 0.6 is 0 Å². The molecule has 1 N–H and O–H groups in total. The minimum atomic E-state index is 0.0421. The number of nitrogens with one attached hydrogen (secondary N) is 1. The van der Waals surface area contributed by atoms with Crippen molar-refractivity contribution in [1.29, 1.82) is 0 Å². The number of para-hydroxylation sites is 1. The van der Waals surface area contributed by atoms with Crippen LogP contribution in [-0.4, -0.2) is 19.1 Å². The predicted octanol–water partition coefficient (Wildman–Crippen LogP) is 3.79. The Kier molecular flexibility index (Phi) is 5.36. The maximum absolute atomic E-state index is 12.2. The lowest BCUT2D eigenvalue weighted by molar-refractivity contribution is -0.122. The zero-order valence-corrected chi connectivity index (χ0v) is 14.0. The maximum atomic E-state index is 12.2. The molecule has 1 aliphatic heterocycles. The highest BCUT2D eigenvalue weighted by Crippen LogP contribution is 2.31. The van der Waals surface area contributed by atoms with Gasteiger partial charge in [-0.3, -0.25) is 4.79 Å². The third-order valence-corrected chi connectivity index (χ3v) is 4.13. The van der Waals surface area contributed by atoms with Crippen LogP contribution < -0.4 is 14.8 Å². The number of aryl methyl sites for hydroxylation is 1. The Morgan fingerprint density at radius 1 is 1.21 bits per heavy atom. The van der Waals surface area contributed by atoms with Gasteiger partial charge in [-0.15, -0.1) is 0 Å². The fraction of sp³-hybridized carbons (Fsp3) is 0.350. The largest absolute Gasteiger partial charge is 0.494 e. The molecule has 0 aromatic heterocycles. The number of carbonyl (C=O) groups excluding carboxylic acids is 1. The van der Waals surface area contributed by atoms with Crippen LogP contribution in [0.15, 0.2) is 48.5 Å². The third kappa shape index (κ3) is 4.28. The number of hydrogen-bond acceptors (Lipinski definition) is 3. The fourth-order valence-corrected chi connectivity index (χ4v) is 2.82. The van der Waals surface area contributed by atoms with E-state index in [4.69, 9.17) is 9.47 Å². The summed E-state index contributed by atoms with van der Waals surface area (Å²) >= 11 is 0. The molecule has 2 aromatic rings. The maximum Gasteiger partial charge on any atom is 0.220 e. The lowest BCUT2D eigenvalue weighted by Crippen LogP contribution is -2.32. The molecule has 0 radical (unpaired) electrons. The van der Waals surface area contributed by atoms with Crippen molar-refractivity contribution in [2.45, 2.75) is 32.2 Å². The highest BCUT2D eigenvalue weighted by molar-refractivity contribution is 5.76. The number of carbonyl (C=O) groups is 1. The van der Waals surface area contributed by atoms with E-state index in [1.165, 1.54) is 5.56 Å². The predicted molar refractivity (Wildman–Crippen MR) is 93.3 cm³/mol. The van der Waals surface area contributed by atoms with Gasteiger partial charge in [0.1, 0.15) is 11.5 Å². The summed E-state index contributed by atoms with van der Waals surface area (Å²) in [6.07, 6.45) is 1.97. The molecule has 0 aliphatic carbocycles. The van der Waals surface area contributed by atoms with Crippen LogP contribution in [-0.2, 0) is 4.79 Å². The van der Waals surface area contributed by atoms with Gasteiger partial charge in [-0.05, 0) is 31.5 Å². The summed E-state index contributed by atoms with van der Waals surface area (Å²) in [5.41, 5.74) is 2.27. The van der Waals surface area contributed by atoms with Crippen molar-refractivity contribution in [3.05, 3.63) is 59.7 Å². The first kappa shape index (κ1) is 16.4. The smallest absolute Gasteiger partial charge is 0.220 e. The van der Waals surface area contributed by atoms with Gasteiger partial charge >= 0.3 is 0 Å². The van der Waals surface area contributed by atoms with Gasteiger partial charge in [0.2, 0.25) is 5.91 Å². The van der Waals surface area contributed by atoms with E-state index in [1.54, 1.807) is 0 Å². The van der Waals surface area contributed by atoms with Crippen molar-refractivity contribution in [2.75, 3.05) is 13.2 Å². The zero-order valence-electron chi connectivity index (χ0n) is 14.0. The standard InChI is InChI=1S/C20H23NO3/c1-15-8-10-16(11-9-15)23-13-4-7-20(22)21-18-12-14-24-19-6-3-2-5-17(18)19/h2-3,5-6,8-11,18H,4,7,12-14H2,1H3,(H,21,22). The number of amides is 1. The highest BCUT2D eigenvalue weighted by atomic mass is 16.5. The average Bonchev–Trinajstić information content (AvgIpc) is 2.61. The molecular weight excluding hydrogens is 302 g/mol. The van der Waals surface area contributed by atoms with Gasteiger partial charge in [-0.25, -0.2) is 0 Å². The van der Waals surface area contributed by atoms with E-state index in [9.17, 15) is 4.79 Å². The topological polar surface area (TPSA) is 47.6 Å². The molecule has 0 spiro atoms. The van der Waals surface area contributed by atoms with Crippen LogP contribution in [0, 0.1) is 6.92 Å². The van der Waals surface area contributed by atoms with Gasteiger partial charge in [0.25, 0.3) is 0 Å². The van der Waals surface area contributed by atoms with Gasteiger partial charge in [-0.1, -0.05) is 35.9 Å². The molecule has 0 bridgehead atoms. The van der Waals surface area contributed by atoms with E-state index in [1.807, 2.05) is 55.5 Å². The molecule has 0 saturated heterocycles. The lowest BCUT2D eigenvalue weighted by atomic mass is 10.0. The van der Waals surface area contributed by atoms with E-state index in [0.29, 0.717) is 26.1 Å². The van der Waals surface area contributed by atoms with Crippen molar-refractivity contribution < 1.29 is 14.3 Å². The second kappa shape index (κ2) is 7.86. The van der Waals surface area contributed by atoms with Crippen molar-refractivity contribution in [3.63, 3.8) is 0 Å². The summed E-state index contributed by atoms with van der Waals surface area (Å²) < 4.78 is 11.3. The average molecular weight is 325 g/mol. The second-order valence-electron chi connectivity index (χ2n) is 6.06. The van der Waals surface area contributed by atoms with Crippen LogP contribution in [0.4, 0.5) is 0 Å². The van der Waals surface area contributed by atoms with Crippen LogP contribution in [0.1, 0.15) is 36.4 Å². The van der Waals surface area contributed by atoms with Gasteiger partial charge in [0.05, 0.1) is 19.3 Å². The monoisotopic (exact) mass is 325 g/mol. The summed E-state index contributed by atoms with van der Waals surface area (Å²) in [5.74, 6) is 1.78. The van der Waals surface area contributed by atoms with Crippen LogP contribution in [0.5, 0.6) is 11.5 Å².